The van der Waals surface area contributed by atoms with E-state index in [-0.39, 0.29) is 15.6 Å². The van der Waals surface area contributed by atoms with E-state index in [1.165, 1.54) is 48.7 Å². The number of sulfonamides is 1. The molecule has 0 amide bonds. The van der Waals surface area contributed by atoms with Crippen LogP contribution in [0, 0.1) is 6.92 Å². The average Bonchev–Trinajstić information content (AvgIpc) is 3.35. The summed E-state index contributed by atoms with van der Waals surface area (Å²) in [7, 11) is -7.92. The molecule has 1 atom stereocenters. The van der Waals surface area contributed by atoms with E-state index in [1.54, 1.807) is 30.3 Å². The summed E-state index contributed by atoms with van der Waals surface area (Å²) < 4.78 is 65.9. The van der Waals surface area contributed by atoms with E-state index >= 15 is 0 Å². The van der Waals surface area contributed by atoms with E-state index in [1.807, 2.05) is 25.1 Å². The van der Waals surface area contributed by atoms with Crippen LogP contribution in [0.5, 0.6) is 11.5 Å². The Morgan fingerprint density at radius 3 is 2.00 bits per heavy atom. The number of nitrogens with one attached hydrogen (secondary N) is 1. The van der Waals surface area contributed by atoms with E-state index < -0.39 is 31.7 Å². The van der Waals surface area contributed by atoms with Gasteiger partial charge in [0.2, 0.25) is 10.0 Å². The molecule has 0 radical (unpaired) electrons. The lowest BCUT2D eigenvalue weighted by Gasteiger charge is -2.17. The maximum Gasteiger partial charge on any atom is 0.240 e. The summed E-state index contributed by atoms with van der Waals surface area (Å²) in [5.74, 6) is 1.24. The first kappa shape index (κ1) is 23.7. The highest BCUT2D eigenvalue weighted by Crippen LogP contribution is 2.30. The van der Waals surface area contributed by atoms with Gasteiger partial charge in [-0.15, -0.1) is 0 Å². The molecule has 3 aromatic carbocycles. The number of rotatable bonds is 9. The number of hydrogen-bond acceptors (Lipinski definition) is 6. The van der Waals surface area contributed by atoms with E-state index in [2.05, 4.69) is 4.72 Å². The highest BCUT2D eigenvalue weighted by molar-refractivity contribution is 7.92. The molecule has 1 heterocycles. The first-order valence-electron chi connectivity index (χ1n) is 10.4. The molecule has 1 aromatic heterocycles. The Labute approximate surface area is 199 Å². The number of ether oxygens (including phenoxy) is 1. The van der Waals surface area contributed by atoms with Crippen molar-refractivity contribution >= 4 is 19.9 Å². The summed E-state index contributed by atoms with van der Waals surface area (Å²) in [4.78, 5) is 0.0694. The summed E-state index contributed by atoms with van der Waals surface area (Å²) in [6, 6.07) is 24.4. The monoisotopic (exact) mass is 497 g/mol. The molecule has 9 heteroatoms. The lowest BCUT2D eigenvalue weighted by Crippen LogP contribution is -2.31. The smallest absolute Gasteiger partial charge is 0.240 e. The Hall–Kier alpha value is -3.40. The topological polar surface area (TPSA) is 103 Å². The summed E-state index contributed by atoms with van der Waals surface area (Å²) >= 11 is 0. The van der Waals surface area contributed by atoms with E-state index in [9.17, 15) is 16.8 Å². The fourth-order valence-corrected chi connectivity index (χ4v) is 6.05. The molecule has 176 valence electrons. The van der Waals surface area contributed by atoms with Crippen LogP contribution < -0.4 is 9.46 Å². The second-order valence-corrected chi connectivity index (χ2v) is 11.5. The summed E-state index contributed by atoms with van der Waals surface area (Å²) in [6.45, 7) is 1.46. The molecule has 0 aliphatic heterocycles. The molecule has 4 aromatic rings. The van der Waals surface area contributed by atoms with Gasteiger partial charge in [0.05, 0.1) is 16.1 Å². The first-order chi connectivity index (χ1) is 16.3. The highest BCUT2D eigenvalue weighted by atomic mass is 32.2. The third kappa shape index (κ3) is 5.39. The largest absolute Gasteiger partial charge is 0.468 e. The zero-order valence-corrected chi connectivity index (χ0v) is 19.9. The Bertz CT molecular complexity index is 1430. The number of benzene rings is 3. The van der Waals surface area contributed by atoms with Crippen molar-refractivity contribution in [2.75, 3.05) is 6.54 Å². The molecular formula is C25H23NO6S2. The first-order valence-corrected chi connectivity index (χ1v) is 13.5. The van der Waals surface area contributed by atoms with Gasteiger partial charge < -0.3 is 9.15 Å². The summed E-state index contributed by atoms with van der Waals surface area (Å²) in [5, 5.41) is -1.24. The predicted molar refractivity (Wildman–Crippen MR) is 128 cm³/mol. The predicted octanol–water partition coefficient (Wildman–Crippen LogP) is 4.87. The summed E-state index contributed by atoms with van der Waals surface area (Å²) in [6.07, 6.45) is 1.35. The normalized spacial score (nSPS) is 12.9. The van der Waals surface area contributed by atoms with Crippen LogP contribution in [-0.4, -0.2) is 23.4 Å². The lowest BCUT2D eigenvalue weighted by atomic mass is 10.2. The molecule has 0 unspecified atom stereocenters. The molecular weight excluding hydrogens is 474 g/mol. The van der Waals surface area contributed by atoms with Crippen LogP contribution in [-0.2, 0) is 19.9 Å². The van der Waals surface area contributed by atoms with Crippen LogP contribution in [0.3, 0.4) is 0 Å². The molecule has 0 bridgehead atoms. The van der Waals surface area contributed by atoms with Crippen molar-refractivity contribution in [2.24, 2.45) is 0 Å². The number of aryl methyl sites for hydroxylation is 1. The fraction of sp³-hybridized carbons (Fsp3) is 0.120. The second kappa shape index (κ2) is 9.84. The minimum Gasteiger partial charge on any atom is -0.468 e. The van der Waals surface area contributed by atoms with E-state index in [0.29, 0.717) is 11.5 Å². The molecule has 0 aliphatic rings. The second-order valence-electron chi connectivity index (χ2n) is 7.60. The van der Waals surface area contributed by atoms with Gasteiger partial charge in [-0.2, -0.15) is 0 Å². The number of sulfone groups is 1. The molecule has 0 fully saturated rings. The minimum atomic E-state index is -4.00. The third-order valence-corrected chi connectivity index (χ3v) is 8.67. The van der Waals surface area contributed by atoms with Crippen molar-refractivity contribution < 1.29 is 26.0 Å². The molecule has 1 N–H and O–H groups in total. The van der Waals surface area contributed by atoms with Gasteiger partial charge in [-0.1, -0.05) is 35.9 Å². The van der Waals surface area contributed by atoms with Crippen LogP contribution in [0.15, 0.2) is 111 Å². The van der Waals surface area contributed by atoms with Gasteiger partial charge in [-0.25, -0.2) is 21.6 Å². The van der Waals surface area contributed by atoms with E-state index in [4.69, 9.17) is 9.15 Å². The van der Waals surface area contributed by atoms with Crippen LogP contribution in [0.2, 0.25) is 0 Å². The highest BCUT2D eigenvalue weighted by Gasteiger charge is 2.33. The van der Waals surface area contributed by atoms with Gasteiger partial charge >= 0.3 is 0 Å². The van der Waals surface area contributed by atoms with Gasteiger partial charge in [0, 0.05) is 6.54 Å². The zero-order chi connectivity index (χ0) is 24.2. The Morgan fingerprint density at radius 1 is 0.765 bits per heavy atom. The Kier molecular flexibility index (Phi) is 6.87. The Balaban J connectivity index is 1.53. The molecule has 0 saturated carbocycles. The standard InChI is InChI=1S/C25H23NO6S2/c1-19-9-13-22(14-10-19)33(27,28)25(24-8-5-17-31-24)18-26-34(29,30)23-15-11-21(12-16-23)32-20-6-3-2-4-7-20/h2-17,25-26H,18H2,1H3/t25-/m0/s1. The van der Waals surface area contributed by atoms with Crippen molar-refractivity contribution in [2.45, 2.75) is 22.0 Å². The van der Waals surface area contributed by atoms with Crippen LogP contribution in [0.25, 0.3) is 0 Å². The SMILES string of the molecule is Cc1ccc(S(=O)(=O)[C@@H](CNS(=O)(=O)c2ccc(Oc3ccccc3)cc2)c2ccco2)cc1. The van der Waals surface area contributed by atoms with Gasteiger partial charge in [0.1, 0.15) is 22.5 Å². The van der Waals surface area contributed by atoms with Crippen LogP contribution >= 0.6 is 0 Å². The third-order valence-electron chi connectivity index (χ3n) is 5.16. The Morgan fingerprint density at radius 2 is 1.38 bits per heavy atom. The number of para-hydroxylation sites is 1. The maximum absolute atomic E-state index is 13.3. The molecule has 0 spiro atoms. The van der Waals surface area contributed by atoms with Crippen molar-refractivity contribution in [3.8, 4) is 11.5 Å². The summed E-state index contributed by atoms with van der Waals surface area (Å²) in [5.41, 5.74) is 0.911. The van der Waals surface area contributed by atoms with Crippen LogP contribution in [0.4, 0.5) is 0 Å². The molecule has 0 saturated heterocycles. The van der Waals surface area contributed by atoms with Gasteiger partial charge in [-0.05, 0) is 67.6 Å². The van der Waals surface area contributed by atoms with Crippen molar-refractivity contribution in [1.29, 1.82) is 0 Å². The van der Waals surface area contributed by atoms with Gasteiger partial charge in [0.25, 0.3) is 0 Å². The van der Waals surface area contributed by atoms with Gasteiger partial charge in [-0.3, -0.25) is 0 Å². The molecule has 4 rings (SSSR count). The van der Waals surface area contributed by atoms with Crippen molar-refractivity contribution in [3.63, 3.8) is 0 Å². The molecule has 34 heavy (non-hydrogen) atoms. The van der Waals surface area contributed by atoms with Crippen molar-refractivity contribution in [3.05, 3.63) is 109 Å². The van der Waals surface area contributed by atoms with E-state index in [0.717, 1.165) is 5.56 Å². The zero-order valence-electron chi connectivity index (χ0n) is 18.3. The molecule has 0 aliphatic carbocycles. The lowest BCUT2D eigenvalue weighted by molar-refractivity contribution is 0.482. The van der Waals surface area contributed by atoms with Crippen molar-refractivity contribution in [1.82, 2.24) is 4.72 Å². The van der Waals surface area contributed by atoms with Gasteiger partial charge in [0.15, 0.2) is 9.84 Å². The fourth-order valence-electron chi connectivity index (χ4n) is 3.31. The number of hydrogen-bond donors (Lipinski definition) is 1. The van der Waals surface area contributed by atoms with Crippen LogP contribution in [0.1, 0.15) is 16.6 Å². The number of furan rings is 1. The maximum atomic E-state index is 13.3. The minimum absolute atomic E-state index is 0.0150. The molecule has 7 nitrogen and oxygen atoms in total. The average molecular weight is 498 g/mol. The quantitative estimate of drug-likeness (QED) is 0.354.